The van der Waals surface area contributed by atoms with Gasteiger partial charge in [-0.2, -0.15) is 0 Å². The first-order valence-corrected chi connectivity index (χ1v) is 5.83. The van der Waals surface area contributed by atoms with E-state index < -0.39 is 0 Å². The standard InChI is InChI=1S/C14H16N2O2/c1-10-9-15(3)14(18)16(10)13-6-4-12(5-7-13)8-11(2)17/h4-7,9H,8H2,1-3H3. The minimum atomic E-state index is -0.0631. The van der Waals surface area contributed by atoms with Crippen molar-refractivity contribution < 1.29 is 4.79 Å². The van der Waals surface area contributed by atoms with Crippen LogP contribution in [-0.4, -0.2) is 14.9 Å². The minimum absolute atomic E-state index is 0.0631. The van der Waals surface area contributed by atoms with Crippen LogP contribution >= 0.6 is 0 Å². The summed E-state index contributed by atoms with van der Waals surface area (Å²) < 4.78 is 3.20. The molecule has 1 aromatic carbocycles. The topological polar surface area (TPSA) is 44.0 Å². The Bertz CT molecular complexity index is 633. The van der Waals surface area contributed by atoms with Crippen LogP contribution in [0.1, 0.15) is 18.2 Å². The maximum atomic E-state index is 11.9. The number of nitrogens with zero attached hydrogens (tertiary/aromatic N) is 2. The van der Waals surface area contributed by atoms with E-state index in [1.165, 1.54) is 0 Å². The number of hydrogen-bond acceptors (Lipinski definition) is 2. The highest BCUT2D eigenvalue weighted by Gasteiger charge is 2.07. The van der Waals surface area contributed by atoms with E-state index in [9.17, 15) is 9.59 Å². The van der Waals surface area contributed by atoms with Gasteiger partial charge in [-0.25, -0.2) is 4.79 Å². The molecule has 0 aliphatic carbocycles. The highest BCUT2D eigenvalue weighted by Crippen LogP contribution is 2.11. The number of aryl methyl sites for hydroxylation is 2. The fraction of sp³-hybridized carbons (Fsp3) is 0.286. The van der Waals surface area contributed by atoms with Crippen molar-refractivity contribution in [1.82, 2.24) is 9.13 Å². The molecule has 0 atom stereocenters. The van der Waals surface area contributed by atoms with Gasteiger partial charge in [-0.1, -0.05) is 12.1 Å². The molecular weight excluding hydrogens is 228 g/mol. The van der Waals surface area contributed by atoms with Gasteiger partial charge < -0.3 is 4.57 Å². The predicted molar refractivity (Wildman–Crippen MR) is 70.1 cm³/mol. The van der Waals surface area contributed by atoms with Crippen molar-refractivity contribution in [2.75, 3.05) is 0 Å². The highest BCUT2D eigenvalue weighted by molar-refractivity contribution is 5.78. The molecule has 1 aromatic heterocycles. The van der Waals surface area contributed by atoms with Crippen LogP contribution in [0.15, 0.2) is 35.3 Å². The number of hydrogen-bond donors (Lipinski definition) is 0. The molecule has 0 saturated heterocycles. The Morgan fingerprint density at radius 3 is 2.28 bits per heavy atom. The molecule has 0 spiro atoms. The molecule has 0 bridgehead atoms. The molecule has 0 amide bonds. The Kier molecular flexibility index (Phi) is 3.19. The Balaban J connectivity index is 2.40. The summed E-state index contributed by atoms with van der Waals surface area (Å²) in [5, 5.41) is 0. The lowest BCUT2D eigenvalue weighted by atomic mass is 10.1. The normalized spacial score (nSPS) is 10.6. The van der Waals surface area contributed by atoms with Gasteiger partial charge in [0.1, 0.15) is 5.78 Å². The van der Waals surface area contributed by atoms with Crippen LogP contribution in [0.4, 0.5) is 0 Å². The molecule has 4 nitrogen and oxygen atoms in total. The highest BCUT2D eigenvalue weighted by atomic mass is 16.1. The van der Waals surface area contributed by atoms with Crippen molar-refractivity contribution >= 4 is 5.78 Å². The van der Waals surface area contributed by atoms with Crippen LogP contribution in [-0.2, 0) is 18.3 Å². The van der Waals surface area contributed by atoms with Crippen molar-refractivity contribution in [3.05, 3.63) is 52.2 Å². The zero-order valence-electron chi connectivity index (χ0n) is 10.8. The summed E-state index contributed by atoms with van der Waals surface area (Å²) in [7, 11) is 1.73. The Morgan fingerprint density at radius 2 is 1.83 bits per heavy atom. The first-order chi connectivity index (χ1) is 8.49. The smallest absolute Gasteiger partial charge is 0.302 e. The van der Waals surface area contributed by atoms with E-state index >= 15 is 0 Å². The molecule has 94 valence electrons. The Morgan fingerprint density at radius 1 is 1.22 bits per heavy atom. The molecule has 4 heteroatoms. The number of benzene rings is 1. The summed E-state index contributed by atoms with van der Waals surface area (Å²) >= 11 is 0. The second kappa shape index (κ2) is 4.64. The van der Waals surface area contributed by atoms with Crippen LogP contribution in [0.5, 0.6) is 0 Å². The van der Waals surface area contributed by atoms with E-state index in [1.807, 2.05) is 31.2 Å². The molecular formula is C14H16N2O2. The summed E-state index contributed by atoms with van der Waals surface area (Å²) in [5.41, 5.74) is 2.62. The monoisotopic (exact) mass is 244 g/mol. The lowest BCUT2D eigenvalue weighted by Crippen LogP contribution is -2.21. The second-order valence-corrected chi connectivity index (χ2v) is 4.54. The molecule has 0 fully saturated rings. The number of carbonyl (C=O) groups excluding carboxylic acids is 1. The molecule has 1 heterocycles. The van der Waals surface area contributed by atoms with Crippen LogP contribution < -0.4 is 5.69 Å². The van der Waals surface area contributed by atoms with Gasteiger partial charge >= 0.3 is 5.69 Å². The zero-order valence-corrected chi connectivity index (χ0v) is 10.8. The van der Waals surface area contributed by atoms with E-state index in [-0.39, 0.29) is 11.5 Å². The molecule has 18 heavy (non-hydrogen) atoms. The van der Waals surface area contributed by atoms with Gasteiger partial charge in [0.15, 0.2) is 0 Å². The molecule has 0 unspecified atom stereocenters. The van der Waals surface area contributed by atoms with E-state index in [4.69, 9.17) is 0 Å². The Hall–Kier alpha value is -2.10. The maximum absolute atomic E-state index is 11.9. The van der Waals surface area contributed by atoms with Gasteiger partial charge in [0.2, 0.25) is 0 Å². The average Bonchev–Trinajstić information content (AvgIpc) is 2.54. The molecule has 0 radical (unpaired) electrons. The average molecular weight is 244 g/mol. The number of rotatable bonds is 3. The first kappa shape index (κ1) is 12.4. The van der Waals surface area contributed by atoms with E-state index in [1.54, 1.807) is 29.3 Å². The third-order valence-electron chi connectivity index (χ3n) is 2.87. The lowest BCUT2D eigenvalue weighted by molar-refractivity contribution is -0.116. The van der Waals surface area contributed by atoms with Crippen LogP contribution in [0.3, 0.4) is 0 Å². The largest absolute Gasteiger partial charge is 0.332 e. The fourth-order valence-corrected chi connectivity index (χ4v) is 2.07. The SMILES string of the molecule is CC(=O)Cc1ccc(-n2c(C)cn(C)c2=O)cc1. The number of ketones is 1. The predicted octanol–water partition coefficient (Wildman–Crippen LogP) is 1.62. The zero-order chi connectivity index (χ0) is 13.3. The van der Waals surface area contributed by atoms with Gasteiger partial charge in [0.25, 0.3) is 0 Å². The molecule has 2 rings (SSSR count). The van der Waals surface area contributed by atoms with Crippen molar-refractivity contribution in [2.24, 2.45) is 7.05 Å². The van der Waals surface area contributed by atoms with Crippen LogP contribution in [0.2, 0.25) is 0 Å². The van der Waals surface area contributed by atoms with Crippen LogP contribution in [0, 0.1) is 6.92 Å². The third-order valence-corrected chi connectivity index (χ3v) is 2.87. The molecule has 0 aliphatic rings. The van der Waals surface area contributed by atoms with Gasteiger partial charge in [0.05, 0.1) is 5.69 Å². The number of carbonyl (C=O) groups is 1. The van der Waals surface area contributed by atoms with Gasteiger partial charge in [0, 0.05) is 25.4 Å². The number of Topliss-reactive ketones (excluding diaryl/α,β-unsaturated/α-hetero) is 1. The first-order valence-electron chi connectivity index (χ1n) is 5.83. The maximum Gasteiger partial charge on any atom is 0.332 e. The number of imidazole rings is 1. The van der Waals surface area contributed by atoms with Crippen molar-refractivity contribution in [3.8, 4) is 5.69 Å². The van der Waals surface area contributed by atoms with E-state index in [0.29, 0.717) is 6.42 Å². The van der Waals surface area contributed by atoms with Gasteiger partial charge in [-0.3, -0.25) is 9.36 Å². The molecule has 0 saturated carbocycles. The van der Waals surface area contributed by atoms with Crippen LogP contribution in [0.25, 0.3) is 5.69 Å². The summed E-state index contributed by atoms with van der Waals surface area (Å²) in [4.78, 5) is 22.9. The van der Waals surface area contributed by atoms with Crippen molar-refractivity contribution in [1.29, 1.82) is 0 Å². The van der Waals surface area contributed by atoms with Gasteiger partial charge in [-0.05, 0) is 31.5 Å². The summed E-state index contributed by atoms with van der Waals surface area (Å²) in [5.74, 6) is 0.135. The van der Waals surface area contributed by atoms with E-state index in [0.717, 1.165) is 16.9 Å². The molecule has 0 aliphatic heterocycles. The fourth-order valence-electron chi connectivity index (χ4n) is 2.07. The Labute approximate surface area is 105 Å². The quantitative estimate of drug-likeness (QED) is 0.823. The second-order valence-electron chi connectivity index (χ2n) is 4.54. The number of aromatic nitrogens is 2. The molecule has 0 N–H and O–H groups in total. The van der Waals surface area contributed by atoms with Crippen molar-refractivity contribution in [2.45, 2.75) is 20.3 Å². The van der Waals surface area contributed by atoms with E-state index in [2.05, 4.69) is 0 Å². The summed E-state index contributed by atoms with van der Waals surface area (Å²) in [6.07, 6.45) is 2.23. The minimum Gasteiger partial charge on any atom is -0.302 e. The van der Waals surface area contributed by atoms with Gasteiger partial charge in [-0.15, -0.1) is 0 Å². The summed E-state index contributed by atoms with van der Waals surface area (Å²) in [6, 6.07) is 7.50. The molecule has 2 aromatic rings. The van der Waals surface area contributed by atoms with Crippen molar-refractivity contribution in [3.63, 3.8) is 0 Å². The lowest BCUT2D eigenvalue weighted by Gasteiger charge is -2.05. The summed E-state index contributed by atoms with van der Waals surface area (Å²) in [6.45, 7) is 3.46. The third kappa shape index (κ3) is 2.27.